The van der Waals surface area contributed by atoms with Crippen LogP contribution in [0.1, 0.15) is 5.56 Å². The first-order chi connectivity index (χ1) is 8.70. The van der Waals surface area contributed by atoms with Gasteiger partial charge in [0.05, 0.1) is 11.6 Å². The Balaban J connectivity index is 2.07. The predicted octanol–water partition coefficient (Wildman–Crippen LogP) is 4.67. The fourth-order valence-electron chi connectivity index (χ4n) is 1.62. The van der Waals surface area contributed by atoms with E-state index in [0.29, 0.717) is 0 Å². The number of benzene rings is 2. The van der Waals surface area contributed by atoms with Crippen LogP contribution in [0.5, 0.6) is 5.75 Å². The van der Waals surface area contributed by atoms with Crippen molar-refractivity contribution in [2.75, 3.05) is 12.4 Å². The fourth-order valence-corrected chi connectivity index (χ4v) is 2.79. The van der Waals surface area contributed by atoms with Gasteiger partial charge in [-0.3, -0.25) is 0 Å². The summed E-state index contributed by atoms with van der Waals surface area (Å²) in [5.74, 6) is 0.855. The average Bonchev–Trinajstić information content (AvgIpc) is 2.38. The monoisotopic (exact) mass is 417 g/mol. The number of nitrogens with one attached hydrogen (secondary N) is 1. The molecular weight excluding hydrogens is 405 g/mol. The van der Waals surface area contributed by atoms with Crippen LogP contribution in [0.25, 0.3) is 0 Å². The Hall–Kier alpha value is -0.750. The maximum atomic E-state index is 5.21. The third kappa shape index (κ3) is 3.38. The molecule has 0 amide bonds. The van der Waals surface area contributed by atoms with Crippen molar-refractivity contribution in [1.29, 1.82) is 0 Å². The van der Waals surface area contributed by atoms with Gasteiger partial charge in [0.25, 0.3) is 0 Å². The van der Waals surface area contributed by atoms with E-state index in [9.17, 15) is 0 Å². The van der Waals surface area contributed by atoms with Crippen LogP contribution in [0, 0.1) is 3.57 Å². The standard InChI is InChI=1S/C14H13BrINO/c1-18-14-7-6-10(8-11(14)15)9-17-13-5-3-2-4-12(13)16/h2-8,17H,9H2,1H3. The van der Waals surface area contributed by atoms with E-state index >= 15 is 0 Å². The topological polar surface area (TPSA) is 21.3 Å². The number of ether oxygens (including phenoxy) is 1. The van der Waals surface area contributed by atoms with Gasteiger partial charge in [0, 0.05) is 15.8 Å². The van der Waals surface area contributed by atoms with Gasteiger partial charge in [-0.05, 0) is 68.3 Å². The molecule has 0 aliphatic rings. The Bertz CT molecular complexity index is 545. The maximum Gasteiger partial charge on any atom is 0.133 e. The molecule has 2 aromatic rings. The molecule has 2 rings (SSSR count). The summed E-state index contributed by atoms with van der Waals surface area (Å²) < 4.78 is 7.42. The van der Waals surface area contributed by atoms with E-state index < -0.39 is 0 Å². The van der Waals surface area contributed by atoms with Gasteiger partial charge in [-0.15, -0.1) is 0 Å². The van der Waals surface area contributed by atoms with Crippen molar-refractivity contribution in [3.63, 3.8) is 0 Å². The highest BCUT2D eigenvalue weighted by atomic mass is 127. The van der Waals surface area contributed by atoms with E-state index in [2.05, 4.69) is 68.1 Å². The molecule has 2 nitrogen and oxygen atoms in total. The van der Waals surface area contributed by atoms with E-state index in [-0.39, 0.29) is 0 Å². The van der Waals surface area contributed by atoms with Crippen LogP contribution < -0.4 is 10.1 Å². The van der Waals surface area contributed by atoms with Crippen LogP contribution in [0.4, 0.5) is 5.69 Å². The number of rotatable bonds is 4. The van der Waals surface area contributed by atoms with Gasteiger partial charge in [-0.1, -0.05) is 18.2 Å². The molecule has 0 aliphatic carbocycles. The first kappa shape index (κ1) is 13.7. The quantitative estimate of drug-likeness (QED) is 0.729. The average molecular weight is 418 g/mol. The summed E-state index contributed by atoms with van der Waals surface area (Å²) in [5.41, 5.74) is 2.37. The minimum absolute atomic E-state index is 0.794. The van der Waals surface area contributed by atoms with Crippen molar-refractivity contribution in [2.45, 2.75) is 6.54 Å². The summed E-state index contributed by atoms with van der Waals surface area (Å²) in [6.45, 7) is 0.794. The highest BCUT2D eigenvalue weighted by Crippen LogP contribution is 2.26. The highest BCUT2D eigenvalue weighted by molar-refractivity contribution is 14.1. The number of methoxy groups -OCH3 is 1. The number of halogens is 2. The van der Waals surface area contributed by atoms with Gasteiger partial charge in [0.2, 0.25) is 0 Å². The normalized spacial score (nSPS) is 10.2. The lowest BCUT2D eigenvalue weighted by Crippen LogP contribution is -2.01. The third-order valence-electron chi connectivity index (χ3n) is 2.57. The fraction of sp³-hybridized carbons (Fsp3) is 0.143. The van der Waals surface area contributed by atoms with Crippen molar-refractivity contribution < 1.29 is 4.74 Å². The maximum absolute atomic E-state index is 5.21. The Labute approximate surface area is 129 Å². The largest absolute Gasteiger partial charge is 0.496 e. The summed E-state index contributed by atoms with van der Waals surface area (Å²) in [7, 11) is 1.67. The SMILES string of the molecule is COc1ccc(CNc2ccccc2I)cc1Br. The third-order valence-corrected chi connectivity index (χ3v) is 4.13. The highest BCUT2D eigenvalue weighted by Gasteiger charge is 2.02. The van der Waals surface area contributed by atoms with Crippen LogP contribution in [-0.2, 0) is 6.54 Å². The molecule has 0 bridgehead atoms. The molecule has 0 unspecified atom stereocenters. The first-order valence-corrected chi connectivity index (χ1v) is 7.38. The van der Waals surface area contributed by atoms with Crippen molar-refractivity contribution in [2.24, 2.45) is 0 Å². The Morgan fingerprint density at radius 3 is 2.67 bits per heavy atom. The van der Waals surface area contributed by atoms with Gasteiger partial charge in [0.1, 0.15) is 5.75 Å². The second kappa shape index (κ2) is 6.43. The van der Waals surface area contributed by atoms with E-state index in [0.717, 1.165) is 22.5 Å². The lowest BCUT2D eigenvalue weighted by atomic mass is 10.2. The minimum Gasteiger partial charge on any atom is -0.496 e. The Morgan fingerprint density at radius 1 is 1.22 bits per heavy atom. The van der Waals surface area contributed by atoms with E-state index in [1.54, 1.807) is 7.11 Å². The Morgan fingerprint density at radius 2 is 2.00 bits per heavy atom. The summed E-state index contributed by atoms with van der Waals surface area (Å²) in [4.78, 5) is 0. The molecule has 0 saturated heterocycles. The van der Waals surface area contributed by atoms with Crippen LogP contribution in [-0.4, -0.2) is 7.11 Å². The van der Waals surface area contributed by atoms with Crippen LogP contribution in [0.15, 0.2) is 46.9 Å². The molecule has 0 atom stereocenters. The number of para-hydroxylation sites is 1. The van der Waals surface area contributed by atoms with E-state index in [4.69, 9.17) is 4.74 Å². The summed E-state index contributed by atoms with van der Waals surface area (Å²) in [5, 5.41) is 3.42. The molecule has 0 radical (unpaired) electrons. The van der Waals surface area contributed by atoms with Crippen molar-refractivity contribution in [3.8, 4) is 5.75 Å². The molecule has 0 aliphatic heterocycles. The van der Waals surface area contributed by atoms with E-state index in [1.165, 1.54) is 9.13 Å². The zero-order valence-electron chi connectivity index (χ0n) is 9.91. The second-order valence-corrected chi connectivity index (χ2v) is 5.82. The number of anilines is 1. The molecular formula is C14H13BrINO. The lowest BCUT2D eigenvalue weighted by Gasteiger charge is -2.10. The molecule has 0 spiro atoms. The molecule has 18 heavy (non-hydrogen) atoms. The number of hydrogen-bond acceptors (Lipinski definition) is 2. The molecule has 0 fully saturated rings. The Kier molecular flexibility index (Phi) is 4.88. The minimum atomic E-state index is 0.794. The van der Waals surface area contributed by atoms with E-state index in [1.807, 2.05) is 18.2 Å². The number of hydrogen-bond donors (Lipinski definition) is 1. The van der Waals surface area contributed by atoms with Crippen molar-refractivity contribution in [3.05, 3.63) is 56.1 Å². The van der Waals surface area contributed by atoms with Crippen LogP contribution in [0.3, 0.4) is 0 Å². The van der Waals surface area contributed by atoms with Gasteiger partial charge in [0.15, 0.2) is 0 Å². The molecule has 2 aromatic carbocycles. The molecule has 0 aromatic heterocycles. The summed E-state index contributed by atoms with van der Waals surface area (Å²) in [6.07, 6.45) is 0. The van der Waals surface area contributed by atoms with Crippen molar-refractivity contribution in [1.82, 2.24) is 0 Å². The molecule has 94 valence electrons. The second-order valence-electron chi connectivity index (χ2n) is 3.80. The zero-order valence-corrected chi connectivity index (χ0v) is 13.7. The van der Waals surface area contributed by atoms with Gasteiger partial charge >= 0.3 is 0 Å². The predicted molar refractivity (Wildman–Crippen MR) is 87.2 cm³/mol. The first-order valence-electron chi connectivity index (χ1n) is 5.51. The summed E-state index contributed by atoms with van der Waals surface area (Å²) in [6, 6.07) is 14.4. The lowest BCUT2D eigenvalue weighted by molar-refractivity contribution is 0.412. The van der Waals surface area contributed by atoms with Crippen LogP contribution >= 0.6 is 38.5 Å². The van der Waals surface area contributed by atoms with Crippen LogP contribution in [0.2, 0.25) is 0 Å². The molecule has 1 N–H and O–H groups in total. The molecule has 4 heteroatoms. The van der Waals surface area contributed by atoms with Gasteiger partial charge < -0.3 is 10.1 Å². The zero-order chi connectivity index (χ0) is 13.0. The van der Waals surface area contributed by atoms with Crippen molar-refractivity contribution >= 4 is 44.2 Å². The summed E-state index contributed by atoms with van der Waals surface area (Å²) >= 11 is 5.82. The van der Waals surface area contributed by atoms with Gasteiger partial charge in [-0.25, -0.2) is 0 Å². The van der Waals surface area contributed by atoms with Gasteiger partial charge in [-0.2, -0.15) is 0 Å². The molecule has 0 heterocycles. The molecule has 0 saturated carbocycles. The smallest absolute Gasteiger partial charge is 0.133 e.